The number of piperidine rings is 1. The van der Waals surface area contributed by atoms with Crippen molar-refractivity contribution in [2.75, 3.05) is 19.3 Å². The van der Waals surface area contributed by atoms with Crippen molar-refractivity contribution in [1.82, 2.24) is 9.88 Å². The number of halogens is 2. The number of benzene rings is 1. The van der Waals surface area contributed by atoms with Gasteiger partial charge in [0, 0.05) is 26.3 Å². The van der Waals surface area contributed by atoms with Crippen LogP contribution in [0.5, 0.6) is 5.75 Å². The van der Waals surface area contributed by atoms with E-state index in [9.17, 15) is 22.0 Å². The summed E-state index contributed by atoms with van der Waals surface area (Å²) in [5.41, 5.74) is -0.392. The molecule has 7 nitrogen and oxygen atoms in total. The number of amides is 1. The molecular weight excluding hydrogens is 418 g/mol. The van der Waals surface area contributed by atoms with Crippen LogP contribution in [0.3, 0.4) is 0 Å². The molecule has 1 saturated carbocycles. The highest BCUT2D eigenvalue weighted by atomic mass is 32.2. The van der Waals surface area contributed by atoms with Gasteiger partial charge in [0.15, 0.2) is 15.9 Å². The Bertz CT molecular complexity index is 1080. The molecule has 30 heavy (non-hydrogen) atoms. The molecule has 0 bridgehead atoms. The van der Waals surface area contributed by atoms with Gasteiger partial charge in [0.1, 0.15) is 12.0 Å². The predicted molar refractivity (Wildman–Crippen MR) is 102 cm³/mol. The number of hydrogen-bond acceptors (Lipinski definition) is 6. The van der Waals surface area contributed by atoms with Crippen LogP contribution in [0.15, 0.2) is 40.0 Å². The summed E-state index contributed by atoms with van der Waals surface area (Å²) in [5, 5.41) is 0. The lowest BCUT2D eigenvalue weighted by atomic mass is 10.1. The molecule has 1 aliphatic heterocycles. The van der Waals surface area contributed by atoms with Gasteiger partial charge in [0.25, 0.3) is 11.8 Å². The molecule has 10 heteroatoms. The number of nitrogens with zero attached hydrogens (tertiary/aromatic N) is 2. The Labute approximate surface area is 172 Å². The van der Waals surface area contributed by atoms with Crippen LogP contribution in [0.2, 0.25) is 0 Å². The standard InChI is InChI=1S/C20H22F2N2O5S/c1-12(19(2,21)22)29-16-5-4-14(30(3,26)27)8-15(16)17(25)24-10-13-9-20(13,11-24)18-23-6-7-28-18/h4-8,12-13H,9-11H2,1-3H3. The molecule has 2 heterocycles. The molecule has 3 atom stereocenters. The summed E-state index contributed by atoms with van der Waals surface area (Å²) in [4.78, 5) is 19.0. The van der Waals surface area contributed by atoms with E-state index in [1.54, 1.807) is 11.1 Å². The first-order chi connectivity index (χ1) is 13.9. The predicted octanol–water partition coefficient (Wildman–Crippen LogP) is 2.91. The van der Waals surface area contributed by atoms with Gasteiger partial charge in [-0.2, -0.15) is 0 Å². The van der Waals surface area contributed by atoms with Crippen LogP contribution >= 0.6 is 0 Å². The van der Waals surface area contributed by atoms with Gasteiger partial charge in [-0.05, 0) is 37.5 Å². The van der Waals surface area contributed by atoms with Crippen molar-refractivity contribution >= 4 is 15.7 Å². The molecule has 1 aromatic carbocycles. The van der Waals surface area contributed by atoms with Crippen molar-refractivity contribution in [2.24, 2.45) is 5.92 Å². The largest absolute Gasteiger partial charge is 0.484 e. The molecule has 4 rings (SSSR count). The number of carbonyl (C=O) groups excluding carboxylic acids is 1. The van der Waals surface area contributed by atoms with Gasteiger partial charge in [0.05, 0.1) is 22.1 Å². The first-order valence-corrected chi connectivity index (χ1v) is 11.4. The molecule has 0 N–H and O–H groups in total. The quantitative estimate of drug-likeness (QED) is 0.686. The normalized spacial score (nSPS) is 24.4. The van der Waals surface area contributed by atoms with Gasteiger partial charge < -0.3 is 14.1 Å². The molecule has 1 amide bonds. The number of hydrogen-bond donors (Lipinski definition) is 0. The van der Waals surface area contributed by atoms with E-state index in [0.717, 1.165) is 19.6 Å². The van der Waals surface area contributed by atoms with Gasteiger partial charge >= 0.3 is 0 Å². The highest BCUT2D eigenvalue weighted by molar-refractivity contribution is 7.90. The van der Waals surface area contributed by atoms with Crippen molar-refractivity contribution in [3.8, 4) is 5.75 Å². The monoisotopic (exact) mass is 440 g/mol. The second kappa shape index (κ2) is 6.76. The number of aromatic nitrogens is 1. The van der Waals surface area contributed by atoms with Crippen LogP contribution in [0.25, 0.3) is 0 Å². The Morgan fingerprint density at radius 3 is 2.77 bits per heavy atom. The summed E-state index contributed by atoms with van der Waals surface area (Å²) in [6.07, 6.45) is 3.40. The van der Waals surface area contributed by atoms with Crippen LogP contribution in [-0.2, 0) is 15.3 Å². The van der Waals surface area contributed by atoms with E-state index in [0.29, 0.717) is 19.0 Å². The van der Waals surface area contributed by atoms with E-state index < -0.39 is 27.8 Å². The third-order valence-corrected chi connectivity index (χ3v) is 7.03. The minimum absolute atomic E-state index is 0.0575. The highest BCUT2D eigenvalue weighted by Crippen LogP contribution is 2.58. The van der Waals surface area contributed by atoms with Crippen molar-refractivity contribution in [1.29, 1.82) is 0 Å². The lowest BCUT2D eigenvalue weighted by Gasteiger charge is -2.25. The fraction of sp³-hybridized carbons (Fsp3) is 0.500. The van der Waals surface area contributed by atoms with Gasteiger partial charge in [-0.1, -0.05) is 0 Å². The number of alkyl halides is 2. The molecule has 2 fully saturated rings. The van der Waals surface area contributed by atoms with E-state index in [-0.39, 0.29) is 27.5 Å². The highest BCUT2D eigenvalue weighted by Gasteiger charge is 2.64. The van der Waals surface area contributed by atoms with Crippen molar-refractivity contribution in [2.45, 2.75) is 42.6 Å². The number of carbonyl (C=O) groups is 1. The SMILES string of the molecule is CC(Oc1ccc(S(C)(=O)=O)cc1C(=O)N1CC2CC2(c2ncco2)C1)C(C)(F)F. The van der Waals surface area contributed by atoms with Crippen LogP contribution < -0.4 is 4.74 Å². The maximum Gasteiger partial charge on any atom is 0.281 e. The molecule has 1 aliphatic carbocycles. The van der Waals surface area contributed by atoms with Crippen LogP contribution in [-0.4, -0.2) is 55.6 Å². The molecule has 2 aromatic rings. The Morgan fingerprint density at radius 1 is 1.43 bits per heavy atom. The number of likely N-dealkylation sites (tertiary alicyclic amines) is 1. The van der Waals surface area contributed by atoms with Crippen LogP contribution in [0.1, 0.15) is 36.5 Å². The Morgan fingerprint density at radius 2 is 2.17 bits per heavy atom. The summed E-state index contributed by atoms with van der Waals surface area (Å²) in [6.45, 7) is 2.72. The van der Waals surface area contributed by atoms with E-state index in [4.69, 9.17) is 9.15 Å². The minimum atomic E-state index is -3.60. The zero-order valence-corrected chi connectivity index (χ0v) is 17.6. The molecule has 3 unspecified atom stereocenters. The minimum Gasteiger partial charge on any atom is -0.484 e. The topological polar surface area (TPSA) is 89.7 Å². The molecule has 0 radical (unpaired) electrons. The molecule has 1 saturated heterocycles. The van der Waals surface area contributed by atoms with E-state index in [1.807, 2.05) is 0 Å². The van der Waals surface area contributed by atoms with Crippen LogP contribution in [0, 0.1) is 5.92 Å². The third-order valence-electron chi connectivity index (χ3n) is 5.92. The first-order valence-electron chi connectivity index (χ1n) is 9.49. The maximum absolute atomic E-state index is 13.6. The lowest BCUT2D eigenvalue weighted by Crippen LogP contribution is -2.35. The summed E-state index contributed by atoms with van der Waals surface area (Å²) in [6, 6.07) is 3.69. The molecule has 2 aliphatic rings. The Hall–Kier alpha value is -2.49. The van der Waals surface area contributed by atoms with Gasteiger partial charge in [-0.3, -0.25) is 4.79 Å². The fourth-order valence-electron chi connectivity index (χ4n) is 3.91. The van der Waals surface area contributed by atoms with Gasteiger partial charge in [0.2, 0.25) is 5.89 Å². The second-order valence-corrected chi connectivity index (χ2v) is 10.2. The molecular formula is C20H22F2N2O5S. The number of ether oxygens (including phenoxy) is 1. The smallest absolute Gasteiger partial charge is 0.281 e. The molecule has 1 aromatic heterocycles. The van der Waals surface area contributed by atoms with E-state index in [1.165, 1.54) is 31.4 Å². The first kappa shape index (κ1) is 20.8. The van der Waals surface area contributed by atoms with E-state index in [2.05, 4.69) is 4.98 Å². The number of oxazole rings is 1. The van der Waals surface area contributed by atoms with Crippen molar-refractivity contribution in [3.63, 3.8) is 0 Å². The number of fused-ring (bicyclic) bond motifs is 1. The van der Waals surface area contributed by atoms with Crippen molar-refractivity contribution in [3.05, 3.63) is 42.1 Å². The summed E-state index contributed by atoms with van der Waals surface area (Å²) >= 11 is 0. The molecule has 0 spiro atoms. The fourth-order valence-corrected chi connectivity index (χ4v) is 4.56. The molecule has 162 valence electrons. The zero-order chi connectivity index (χ0) is 21.9. The second-order valence-electron chi connectivity index (χ2n) is 8.23. The zero-order valence-electron chi connectivity index (χ0n) is 16.8. The van der Waals surface area contributed by atoms with Gasteiger partial charge in [-0.25, -0.2) is 22.2 Å². The summed E-state index contributed by atoms with van der Waals surface area (Å²) in [7, 11) is -3.60. The maximum atomic E-state index is 13.6. The van der Waals surface area contributed by atoms with E-state index >= 15 is 0 Å². The Balaban J connectivity index is 1.65. The summed E-state index contributed by atoms with van der Waals surface area (Å²) in [5.74, 6) is -2.92. The summed E-state index contributed by atoms with van der Waals surface area (Å²) < 4.78 is 62.0. The van der Waals surface area contributed by atoms with Crippen LogP contribution in [0.4, 0.5) is 8.78 Å². The Kier molecular flexibility index (Phi) is 4.68. The third kappa shape index (κ3) is 3.57. The number of rotatable bonds is 6. The van der Waals surface area contributed by atoms with Crippen molar-refractivity contribution < 1.29 is 31.1 Å². The number of sulfone groups is 1. The lowest BCUT2D eigenvalue weighted by molar-refractivity contribution is -0.0720. The van der Waals surface area contributed by atoms with Gasteiger partial charge in [-0.15, -0.1) is 0 Å². The average molecular weight is 440 g/mol. The average Bonchev–Trinajstić information content (AvgIpc) is 3.03.